The van der Waals surface area contributed by atoms with Gasteiger partial charge in [-0.15, -0.1) is 24.0 Å². The molecule has 1 aromatic carbocycles. The highest BCUT2D eigenvalue weighted by atomic mass is 127. The predicted octanol–water partition coefficient (Wildman–Crippen LogP) is 2.46. The molecule has 0 unspecified atom stereocenters. The third kappa shape index (κ3) is 6.95. The van der Waals surface area contributed by atoms with Gasteiger partial charge in [-0.05, 0) is 37.7 Å². The number of guanidine groups is 1. The fourth-order valence-corrected chi connectivity index (χ4v) is 3.39. The molecule has 0 saturated carbocycles. The summed E-state index contributed by atoms with van der Waals surface area (Å²) >= 11 is 0. The number of piperazine rings is 1. The summed E-state index contributed by atoms with van der Waals surface area (Å²) in [5.74, 6) is 1.23. The van der Waals surface area contributed by atoms with Gasteiger partial charge in [-0.3, -0.25) is 4.68 Å². The van der Waals surface area contributed by atoms with E-state index < -0.39 is 11.7 Å². The first-order chi connectivity index (χ1) is 14.8. The smallest absolute Gasteiger partial charge is 0.369 e. The molecule has 1 aliphatic heterocycles. The second-order valence-electron chi connectivity index (χ2n) is 7.48. The minimum absolute atomic E-state index is 0. The van der Waals surface area contributed by atoms with E-state index in [0.29, 0.717) is 24.6 Å². The molecule has 2 N–H and O–H groups in total. The molecule has 2 heterocycles. The van der Waals surface area contributed by atoms with Gasteiger partial charge in [0.2, 0.25) is 0 Å². The average molecular weight is 566 g/mol. The summed E-state index contributed by atoms with van der Waals surface area (Å²) in [7, 11) is 3.83. The minimum Gasteiger partial charge on any atom is -0.369 e. The Bertz CT molecular complexity index is 891. The highest BCUT2D eigenvalue weighted by molar-refractivity contribution is 14.0. The first-order valence-corrected chi connectivity index (χ1v) is 10.3. The number of hydrogen-bond acceptors (Lipinski definition) is 5. The fraction of sp³-hybridized carbons (Fsp3) is 0.550. The van der Waals surface area contributed by atoms with E-state index in [-0.39, 0.29) is 30.5 Å². The molecule has 178 valence electrons. The summed E-state index contributed by atoms with van der Waals surface area (Å²) in [5, 5.41) is 10.3. The van der Waals surface area contributed by atoms with Crippen molar-refractivity contribution in [3.8, 4) is 0 Å². The van der Waals surface area contributed by atoms with Crippen molar-refractivity contribution in [3.05, 3.63) is 41.5 Å². The van der Waals surface area contributed by atoms with Crippen LogP contribution in [-0.4, -0.2) is 65.4 Å². The Hall–Kier alpha value is -2.09. The number of aryl methyl sites for hydroxylation is 1. The Morgan fingerprint density at radius 1 is 1.12 bits per heavy atom. The van der Waals surface area contributed by atoms with E-state index in [2.05, 4.69) is 35.5 Å². The zero-order chi connectivity index (χ0) is 22.4. The molecule has 0 bridgehead atoms. The monoisotopic (exact) mass is 566 g/mol. The van der Waals surface area contributed by atoms with Gasteiger partial charge in [-0.25, -0.2) is 9.98 Å². The largest absolute Gasteiger partial charge is 0.416 e. The average Bonchev–Trinajstić information content (AvgIpc) is 3.14. The summed E-state index contributed by atoms with van der Waals surface area (Å²) in [6.07, 6.45) is -2.93. The van der Waals surface area contributed by atoms with Gasteiger partial charge in [0.05, 0.1) is 18.7 Å². The van der Waals surface area contributed by atoms with Gasteiger partial charge in [-0.2, -0.15) is 18.3 Å². The first-order valence-electron chi connectivity index (χ1n) is 10.3. The quantitative estimate of drug-likeness (QED) is 0.318. The van der Waals surface area contributed by atoms with E-state index in [9.17, 15) is 13.2 Å². The summed E-state index contributed by atoms with van der Waals surface area (Å²) in [4.78, 5) is 13.0. The summed E-state index contributed by atoms with van der Waals surface area (Å²) in [5.41, 5.74) is 0.692. The Morgan fingerprint density at radius 2 is 1.84 bits per heavy atom. The molecule has 1 aliphatic rings. The standard InChI is InChI=1S/C20H29F3N8.HI/c1-4-24-19(26-13-18-27-14-28-30(18)3)25-12-15-11-16(20(21,22)23)5-6-17(15)31-9-7-29(2)8-10-31;/h5-6,11,14H,4,7-10,12-13H2,1-3H3,(H2,24,25,26);1H. The fourth-order valence-electron chi connectivity index (χ4n) is 3.39. The van der Waals surface area contributed by atoms with Crippen molar-refractivity contribution in [3.63, 3.8) is 0 Å². The molecule has 0 radical (unpaired) electrons. The van der Waals surface area contributed by atoms with Crippen LogP contribution in [0.1, 0.15) is 23.9 Å². The number of nitrogens with one attached hydrogen (secondary N) is 2. The van der Waals surface area contributed by atoms with Crippen molar-refractivity contribution in [1.82, 2.24) is 30.3 Å². The van der Waals surface area contributed by atoms with Gasteiger partial charge in [0, 0.05) is 45.5 Å². The lowest BCUT2D eigenvalue weighted by molar-refractivity contribution is -0.137. The molecule has 0 spiro atoms. The Morgan fingerprint density at radius 3 is 2.44 bits per heavy atom. The number of anilines is 1. The van der Waals surface area contributed by atoms with E-state index in [1.807, 2.05) is 14.0 Å². The lowest BCUT2D eigenvalue weighted by Crippen LogP contribution is -2.44. The molecular formula is C20H30F3IN8. The summed E-state index contributed by atoms with van der Waals surface area (Å²) in [6, 6.07) is 3.93. The van der Waals surface area contributed by atoms with E-state index in [1.54, 1.807) is 17.8 Å². The Labute approximate surface area is 203 Å². The van der Waals surface area contributed by atoms with Crippen molar-refractivity contribution < 1.29 is 13.2 Å². The minimum atomic E-state index is -4.40. The summed E-state index contributed by atoms with van der Waals surface area (Å²) in [6.45, 7) is 6.34. The lowest BCUT2D eigenvalue weighted by atomic mass is 10.1. The molecule has 1 saturated heterocycles. The van der Waals surface area contributed by atoms with Crippen LogP contribution in [0.5, 0.6) is 0 Å². The Kier molecular flexibility index (Phi) is 9.55. The normalized spacial score (nSPS) is 15.4. The van der Waals surface area contributed by atoms with Gasteiger partial charge in [0.25, 0.3) is 0 Å². The maximum atomic E-state index is 13.3. The van der Waals surface area contributed by atoms with Crippen LogP contribution in [0.25, 0.3) is 0 Å². The highest BCUT2D eigenvalue weighted by Gasteiger charge is 2.31. The number of aliphatic imine (C=N–C) groups is 1. The molecule has 1 aromatic heterocycles. The van der Waals surface area contributed by atoms with Crippen molar-refractivity contribution >= 4 is 35.6 Å². The maximum Gasteiger partial charge on any atom is 0.416 e. The third-order valence-corrected chi connectivity index (χ3v) is 5.22. The zero-order valence-corrected chi connectivity index (χ0v) is 20.8. The molecule has 2 aromatic rings. The van der Waals surface area contributed by atoms with Crippen molar-refractivity contribution in [2.75, 3.05) is 44.7 Å². The number of halogens is 4. The summed E-state index contributed by atoms with van der Waals surface area (Å²) < 4.78 is 41.6. The van der Waals surface area contributed by atoms with Gasteiger partial charge in [0.1, 0.15) is 12.2 Å². The second-order valence-corrected chi connectivity index (χ2v) is 7.48. The van der Waals surface area contributed by atoms with Crippen LogP contribution >= 0.6 is 24.0 Å². The van der Waals surface area contributed by atoms with Crippen LogP contribution in [0.3, 0.4) is 0 Å². The number of likely N-dealkylation sites (N-methyl/N-ethyl adjacent to an activating group) is 1. The van der Waals surface area contributed by atoms with E-state index in [0.717, 1.165) is 43.8 Å². The number of alkyl halides is 3. The molecular weight excluding hydrogens is 536 g/mol. The van der Waals surface area contributed by atoms with Gasteiger partial charge < -0.3 is 20.4 Å². The van der Waals surface area contributed by atoms with Crippen LogP contribution < -0.4 is 15.5 Å². The molecule has 1 fully saturated rings. The number of nitrogens with zero attached hydrogens (tertiary/aromatic N) is 6. The molecule has 8 nitrogen and oxygen atoms in total. The van der Waals surface area contributed by atoms with E-state index in [1.165, 1.54) is 12.4 Å². The van der Waals surface area contributed by atoms with Gasteiger partial charge in [0.15, 0.2) is 5.96 Å². The molecule has 12 heteroatoms. The highest BCUT2D eigenvalue weighted by Crippen LogP contribution is 2.33. The number of benzene rings is 1. The Balaban J connectivity index is 0.00000363. The van der Waals surface area contributed by atoms with Crippen molar-refractivity contribution in [2.24, 2.45) is 12.0 Å². The van der Waals surface area contributed by atoms with Gasteiger partial charge in [-0.1, -0.05) is 0 Å². The second kappa shape index (κ2) is 11.7. The molecule has 0 amide bonds. The van der Waals surface area contributed by atoms with Crippen LogP contribution in [0.15, 0.2) is 29.5 Å². The SMILES string of the molecule is CCNC(=NCc1cc(C(F)(F)F)ccc1N1CCN(C)CC1)NCc1ncnn1C.I. The van der Waals surface area contributed by atoms with Crippen molar-refractivity contribution in [1.29, 1.82) is 0 Å². The van der Waals surface area contributed by atoms with Crippen LogP contribution in [0.4, 0.5) is 18.9 Å². The lowest BCUT2D eigenvalue weighted by Gasteiger charge is -2.35. The number of aromatic nitrogens is 3. The number of hydrogen-bond donors (Lipinski definition) is 2. The molecule has 3 rings (SSSR count). The van der Waals surface area contributed by atoms with E-state index in [4.69, 9.17) is 0 Å². The third-order valence-electron chi connectivity index (χ3n) is 5.22. The maximum absolute atomic E-state index is 13.3. The van der Waals surface area contributed by atoms with Crippen molar-refractivity contribution in [2.45, 2.75) is 26.2 Å². The molecule has 32 heavy (non-hydrogen) atoms. The predicted molar refractivity (Wildman–Crippen MR) is 129 cm³/mol. The number of rotatable bonds is 6. The van der Waals surface area contributed by atoms with Crippen LogP contribution in [0.2, 0.25) is 0 Å². The zero-order valence-electron chi connectivity index (χ0n) is 18.5. The van der Waals surface area contributed by atoms with Crippen LogP contribution in [0, 0.1) is 0 Å². The first kappa shape index (κ1) is 26.2. The molecule has 0 aliphatic carbocycles. The molecule has 0 atom stereocenters. The van der Waals surface area contributed by atoms with E-state index >= 15 is 0 Å². The topological polar surface area (TPSA) is 73.6 Å². The van der Waals surface area contributed by atoms with Gasteiger partial charge >= 0.3 is 6.18 Å². The van der Waals surface area contributed by atoms with Crippen LogP contribution in [-0.2, 0) is 26.3 Å².